The van der Waals surface area contributed by atoms with Crippen LogP contribution in [0.25, 0.3) is 0 Å². The van der Waals surface area contributed by atoms with Gasteiger partial charge in [-0.25, -0.2) is 0 Å². The molecule has 0 radical (unpaired) electrons. The van der Waals surface area contributed by atoms with E-state index in [1.165, 1.54) is 0 Å². The Morgan fingerprint density at radius 3 is 1.67 bits per heavy atom. The number of hydrogen-bond donors (Lipinski definition) is 1. The summed E-state index contributed by atoms with van der Waals surface area (Å²) in [4.78, 5) is 0. The fourth-order valence-electron chi connectivity index (χ4n) is 0. The van der Waals surface area contributed by atoms with Crippen molar-refractivity contribution in [2.75, 3.05) is 0 Å². The minimum Gasteiger partial charge on any atom is -0.426 e. The van der Waals surface area contributed by atoms with Gasteiger partial charge in [0.05, 0.1) is 0 Å². The lowest BCUT2D eigenvalue weighted by molar-refractivity contribution is 0.267. The Balaban J connectivity index is 0. The summed E-state index contributed by atoms with van der Waals surface area (Å²) in [6, 6.07) is 0. The van der Waals surface area contributed by atoms with Gasteiger partial charge in [0, 0.05) is 6.10 Å². The maximum atomic E-state index is 4.89. The zero-order valence-electron chi connectivity index (χ0n) is 4.69. The summed E-state index contributed by atoms with van der Waals surface area (Å²) in [5, 5.41) is 0. The van der Waals surface area contributed by atoms with E-state index in [1.807, 2.05) is 13.8 Å². The Labute approximate surface area is 42.0 Å². The number of hydrogen-bond acceptors (Lipinski definition) is 2. The van der Waals surface area contributed by atoms with Crippen molar-refractivity contribution < 1.29 is 4.43 Å². The Morgan fingerprint density at radius 2 is 1.67 bits per heavy atom. The van der Waals surface area contributed by atoms with Crippen LogP contribution in [0.5, 0.6) is 0 Å². The second kappa shape index (κ2) is 5.14. The molecule has 0 fully saturated rings. The Morgan fingerprint density at radius 1 is 1.50 bits per heavy atom. The lowest BCUT2D eigenvalue weighted by Gasteiger charge is -1.95. The van der Waals surface area contributed by atoms with Gasteiger partial charge in [-0.15, -0.1) is 0 Å². The lowest BCUT2D eigenvalue weighted by Crippen LogP contribution is -1.95. The van der Waals surface area contributed by atoms with E-state index in [9.17, 15) is 0 Å². The van der Waals surface area contributed by atoms with E-state index in [1.54, 1.807) is 0 Å². The van der Waals surface area contributed by atoms with Crippen molar-refractivity contribution in [1.29, 1.82) is 0 Å². The predicted molar refractivity (Wildman–Crippen MR) is 31.2 cm³/mol. The Bertz CT molecular complexity index is 24.8. The van der Waals surface area contributed by atoms with Crippen LogP contribution in [0.2, 0.25) is 0 Å². The molecule has 0 rings (SSSR count). The second-order valence-electron chi connectivity index (χ2n) is 1.28. The molecule has 40 valence electrons. The molecular formula is C3H13NOSi. The molecule has 0 atom stereocenters. The van der Waals surface area contributed by atoms with Gasteiger partial charge in [-0.2, -0.15) is 0 Å². The van der Waals surface area contributed by atoms with Gasteiger partial charge in [-0.05, 0) is 13.8 Å². The van der Waals surface area contributed by atoms with E-state index in [-0.39, 0.29) is 6.15 Å². The van der Waals surface area contributed by atoms with Gasteiger partial charge in [0.15, 0.2) is 0 Å². The molecule has 0 saturated carbocycles. The maximum Gasteiger partial charge on any atom is 0.146 e. The first-order valence-corrected chi connectivity index (χ1v) is 2.62. The van der Waals surface area contributed by atoms with Gasteiger partial charge in [0.1, 0.15) is 10.5 Å². The van der Waals surface area contributed by atoms with Crippen LogP contribution in [0.3, 0.4) is 0 Å². The summed E-state index contributed by atoms with van der Waals surface area (Å²) < 4.78 is 4.89. The van der Waals surface area contributed by atoms with Gasteiger partial charge < -0.3 is 10.6 Å². The summed E-state index contributed by atoms with van der Waals surface area (Å²) in [7, 11) is 0.873. The molecule has 3 heteroatoms. The fourth-order valence-corrected chi connectivity index (χ4v) is 0. The quantitative estimate of drug-likeness (QED) is 0.474. The minimum absolute atomic E-state index is 0. The summed E-state index contributed by atoms with van der Waals surface area (Å²) in [5.41, 5.74) is 0. The Hall–Kier alpha value is 0.137. The standard InChI is InChI=1S/C3H10OSi.H3N/c1-3(2)4-5;/h3H,1-2,5H3;1H3. The molecule has 0 spiro atoms. The van der Waals surface area contributed by atoms with E-state index in [0.717, 1.165) is 10.5 Å². The smallest absolute Gasteiger partial charge is 0.146 e. The van der Waals surface area contributed by atoms with Crippen molar-refractivity contribution >= 4 is 10.5 Å². The van der Waals surface area contributed by atoms with Crippen LogP contribution in [-0.2, 0) is 4.43 Å². The van der Waals surface area contributed by atoms with E-state index in [4.69, 9.17) is 4.43 Å². The molecule has 0 heterocycles. The second-order valence-corrected chi connectivity index (χ2v) is 1.76. The zero-order chi connectivity index (χ0) is 4.28. The summed E-state index contributed by atoms with van der Waals surface area (Å²) >= 11 is 0. The molecule has 2 nitrogen and oxygen atoms in total. The van der Waals surface area contributed by atoms with E-state index in [0.29, 0.717) is 6.10 Å². The lowest BCUT2D eigenvalue weighted by atomic mass is 10.5. The van der Waals surface area contributed by atoms with Crippen molar-refractivity contribution in [3.63, 3.8) is 0 Å². The third kappa shape index (κ3) is 8.91. The molecule has 6 heavy (non-hydrogen) atoms. The van der Waals surface area contributed by atoms with Crippen LogP contribution in [0.1, 0.15) is 13.8 Å². The zero-order valence-corrected chi connectivity index (χ0v) is 6.69. The predicted octanol–water partition coefficient (Wildman–Crippen LogP) is -0.146. The monoisotopic (exact) mass is 107 g/mol. The first kappa shape index (κ1) is 9.46. The molecule has 3 N–H and O–H groups in total. The van der Waals surface area contributed by atoms with Crippen molar-refractivity contribution in [2.45, 2.75) is 20.0 Å². The van der Waals surface area contributed by atoms with Crippen molar-refractivity contribution in [3.8, 4) is 0 Å². The van der Waals surface area contributed by atoms with Crippen molar-refractivity contribution in [3.05, 3.63) is 0 Å². The highest BCUT2D eigenvalue weighted by Gasteiger charge is 1.77. The van der Waals surface area contributed by atoms with Gasteiger partial charge in [-0.1, -0.05) is 0 Å². The molecule has 0 aliphatic rings. The molecule has 0 aromatic heterocycles. The topological polar surface area (TPSA) is 44.2 Å². The molecule has 0 aliphatic heterocycles. The molecular weight excluding hydrogens is 94.1 g/mol. The molecule has 0 amide bonds. The van der Waals surface area contributed by atoms with Crippen LogP contribution in [0.4, 0.5) is 0 Å². The molecule has 0 aliphatic carbocycles. The molecule has 0 saturated heterocycles. The SMILES string of the molecule is CC(C)O[SiH3].N. The van der Waals surface area contributed by atoms with E-state index in [2.05, 4.69) is 0 Å². The third-order valence-corrected chi connectivity index (χ3v) is 1.41. The highest BCUT2D eigenvalue weighted by atomic mass is 28.2. The highest BCUT2D eigenvalue weighted by Crippen LogP contribution is 1.76. The van der Waals surface area contributed by atoms with Crippen LogP contribution < -0.4 is 6.15 Å². The summed E-state index contributed by atoms with van der Waals surface area (Å²) in [6.07, 6.45) is 0.446. The highest BCUT2D eigenvalue weighted by molar-refractivity contribution is 5.98. The van der Waals surface area contributed by atoms with Gasteiger partial charge in [0.25, 0.3) is 0 Å². The molecule has 0 bridgehead atoms. The molecule has 0 unspecified atom stereocenters. The number of rotatable bonds is 1. The largest absolute Gasteiger partial charge is 0.426 e. The summed E-state index contributed by atoms with van der Waals surface area (Å²) in [6.45, 7) is 4.07. The fraction of sp³-hybridized carbons (Fsp3) is 1.00. The normalized spacial score (nSPS) is 8.50. The average molecular weight is 107 g/mol. The van der Waals surface area contributed by atoms with Crippen molar-refractivity contribution in [2.24, 2.45) is 0 Å². The Kier molecular flexibility index (Phi) is 8.10. The molecule has 0 aromatic carbocycles. The first-order valence-electron chi connectivity index (χ1n) is 1.80. The average Bonchev–Trinajstić information content (AvgIpc) is 1.38. The van der Waals surface area contributed by atoms with Crippen LogP contribution in [0.15, 0.2) is 0 Å². The van der Waals surface area contributed by atoms with Crippen molar-refractivity contribution in [1.82, 2.24) is 6.15 Å². The third-order valence-electron chi connectivity index (χ3n) is 0.471. The van der Waals surface area contributed by atoms with Crippen LogP contribution in [0, 0.1) is 0 Å². The maximum absolute atomic E-state index is 4.89. The van der Waals surface area contributed by atoms with E-state index >= 15 is 0 Å². The van der Waals surface area contributed by atoms with Crippen LogP contribution in [-0.4, -0.2) is 16.6 Å². The minimum atomic E-state index is 0. The molecule has 0 aromatic rings. The van der Waals surface area contributed by atoms with Gasteiger partial charge >= 0.3 is 0 Å². The van der Waals surface area contributed by atoms with Gasteiger partial charge in [-0.3, -0.25) is 0 Å². The first-order chi connectivity index (χ1) is 2.27. The van der Waals surface area contributed by atoms with Gasteiger partial charge in [0.2, 0.25) is 0 Å². The summed E-state index contributed by atoms with van der Waals surface area (Å²) in [5.74, 6) is 0. The van der Waals surface area contributed by atoms with Crippen LogP contribution >= 0.6 is 0 Å². The van der Waals surface area contributed by atoms with E-state index < -0.39 is 0 Å².